The Morgan fingerprint density at radius 3 is 2.61 bits per heavy atom. The maximum atomic E-state index is 14.1. The number of ether oxygens (including phenoxy) is 1. The molecule has 0 bridgehead atoms. The molecular formula is C25H47F2N7O2. The van der Waals surface area contributed by atoms with E-state index < -0.39 is 18.3 Å². The molecule has 208 valence electrons. The summed E-state index contributed by atoms with van der Waals surface area (Å²) in [6, 6.07) is 0.622. The molecule has 4 aliphatic rings. The lowest BCUT2D eigenvalue weighted by molar-refractivity contribution is -0.126. The smallest absolute Gasteiger partial charge is 0.223 e. The van der Waals surface area contributed by atoms with Crippen molar-refractivity contribution in [3.05, 3.63) is 0 Å². The highest BCUT2D eigenvalue weighted by Crippen LogP contribution is 2.30. The number of carbonyl (C=O) groups is 1. The number of nitrogens with one attached hydrogen (secondary N) is 6. The number of alkyl halides is 2. The van der Waals surface area contributed by atoms with Crippen molar-refractivity contribution in [2.24, 2.45) is 11.8 Å². The second kappa shape index (κ2) is 14.3. The van der Waals surface area contributed by atoms with Crippen molar-refractivity contribution in [3.63, 3.8) is 0 Å². The molecule has 6 N–H and O–H groups in total. The van der Waals surface area contributed by atoms with E-state index in [0.29, 0.717) is 25.3 Å². The first kappa shape index (κ1) is 28.1. The van der Waals surface area contributed by atoms with Crippen molar-refractivity contribution in [2.45, 2.75) is 94.5 Å². The van der Waals surface area contributed by atoms with Gasteiger partial charge in [0.15, 0.2) is 0 Å². The third-order valence-corrected chi connectivity index (χ3v) is 8.47. The van der Waals surface area contributed by atoms with Crippen LogP contribution in [0, 0.1) is 11.8 Å². The van der Waals surface area contributed by atoms with Crippen LogP contribution in [-0.4, -0.2) is 94.1 Å². The van der Waals surface area contributed by atoms with Crippen molar-refractivity contribution in [1.29, 1.82) is 0 Å². The zero-order valence-corrected chi connectivity index (χ0v) is 21.7. The van der Waals surface area contributed by atoms with Crippen molar-refractivity contribution in [1.82, 2.24) is 37.0 Å². The Morgan fingerprint density at radius 1 is 1.06 bits per heavy atom. The van der Waals surface area contributed by atoms with Gasteiger partial charge in [0.25, 0.3) is 0 Å². The minimum absolute atomic E-state index is 0.0506. The molecule has 0 radical (unpaired) electrons. The van der Waals surface area contributed by atoms with E-state index in [2.05, 4.69) is 37.0 Å². The van der Waals surface area contributed by atoms with Crippen molar-refractivity contribution in [3.8, 4) is 0 Å². The first-order valence-electron chi connectivity index (χ1n) is 14.1. The second-order valence-electron chi connectivity index (χ2n) is 11.0. The zero-order valence-electron chi connectivity index (χ0n) is 21.7. The molecule has 7 unspecified atom stereocenters. The van der Waals surface area contributed by atoms with Crippen LogP contribution in [0.2, 0.25) is 0 Å². The van der Waals surface area contributed by atoms with Gasteiger partial charge in [0.1, 0.15) is 12.3 Å². The number of halogens is 2. The lowest BCUT2D eigenvalue weighted by Gasteiger charge is -2.36. The molecule has 2 aliphatic carbocycles. The van der Waals surface area contributed by atoms with Crippen LogP contribution in [0.1, 0.15) is 57.8 Å². The Labute approximate surface area is 214 Å². The quantitative estimate of drug-likeness (QED) is 0.224. The zero-order chi connectivity index (χ0) is 25.3. The third-order valence-electron chi connectivity index (χ3n) is 8.47. The first-order chi connectivity index (χ1) is 17.6. The van der Waals surface area contributed by atoms with E-state index in [1.807, 2.05) is 0 Å². The topological polar surface area (TPSA) is 102 Å². The number of carbonyl (C=O) groups excluding carboxylic acids is 1. The highest BCUT2D eigenvalue weighted by atomic mass is 19.1. The number of nitrogens with zero attached hydrogens (tertiary/aromatic N) is 1. The summed E-state index contributed by atoms with van der Waals surface area (Å²) in [6.45, 7) is 4.37. The lowest BCUT2D eigenvalue weighted by Crippen LogP contribution is -2.59. The molecule has 0 aromatic carbocycles. The molecule has 36 heavy (non-hydrogen) atoms. The molecule has 0 aromatic heterocycles. The second-order valence-corrected chi connectivity index (χ2v) is 11.0. The molecule has 2 saturated carbocycles. The van der Waals surface area contributed by atoms with Crippen LogP contribution in [0.25, 0.3) is 0 Å². The van der Waals surface area contributed by atoms with Gasteiger partial charge in [-0.05, 0) is 57.9 Å². The maximum absolute atomic E-state index is 14.1. The van der Waals surface area contributed by atoms with Crippen LogP contribution < -0.4 is 32.1 Å². The monoisotopic (exact) mass is 515 g/mol. The van der Waals surface area contributed by atoms with Crippen molar-refractivity contribution < 1.29 is 18.3 Å². The summed E-state index contributed by atoms with van der Waals surface area (Å²) in [5.41, 5.74) is 6.98. The fourth-order valence-corrected chi connectivity index (χ4v) is 6.32. The van der Waals surface area contributed by atoms with Gasteiger partial charge in [-0.3, -0.25) is 15.0 Å². The van der Waals surface area contributed by atoms with Crippen LogP contribution in [0.15, 0.2) is 0 Å². The molecule has 7 atom stereocenters. The minimum atomic E-state index is -1.15. The minimum Gasteiger partial charge on any atom is -0.385 e. The average molecular weight is 516 g/mol. The Kier molecular flexibility index (Phi) is 11.1. The van der Waals surface area contributed by atoms with Crippen LogP contribution in [0.4, 0.5) is 8.78 Å². The first-order valence-corrected chi connectivity index (χ1v) is 14.1. The SMILES string of the molecule is COCCCN1C(CNC2CCCC(C(=O)NCC3C(F)CCCC3F)C2)NNC1C1CCNCN1. The summed E-state index contributed by atoms with van der Waals surface area (Å²) in [6.07, 6.45) is 5.07. The van der Waals surface area contributed by atoms with Gasteiger partial charge < -0.3 is 20.7 Å². The van der Waals surface area contributed by atoms with Gasteiger partial charge in [0, 0.05) is 63.9 Å². The van der Waals surface area contributed by atoms with E-state index >= 15 is 0 Å². The fourth-order valence-electron chi connectivity index (χ4n) is 6.32. The summed E-state index contributed by atoms with van der Waals surface area (Å²) in [5.74, 6) is -0.854. The van der Waals surface area contributed by atoms with Gasteiger partial charge in [-0.2, -0.15) is 0 Å². The average Bonchev–Trinajstić information content (AvgIpc) is 3.30. The van der Waals surface area contributed by atoms with E-state index in [0.717, 1.165) is 71.4 Å². The molecule has 4 fully saturated rings. The number of hydrogen-bond acceptors (Lipinski definition) is 8. The molecule has 2 saturated heterocycles. The molecule has 2 heterocycles. The summed E-state index contributed by atoms with van der Waals surface area (Å²) < 4.78 is 33.6. The number of hydrogen-bond donors (Lipinski definition) is 6. The Balaban J connectivity index is 1.24. The van der Waals surface area contributed by atoms with Gasteiger partial charge >= 0.3 is 0 Å². The van der Waals surface area contributed by atoms with Crippen LogP contribution >= 0.6 is 0 Å². The molecule has 4 rings (SSSR count). The Hall–Kier alpha value is -0.950. The van der Waals surface area contributed by atoms with Crippen LogP contribution in [-0.2, 0) is 9.53 Å². The molecule has 0 spiro atoms. The van der Waals surface area contributed by atoms with Gasteiger partial charge in [-0.1, -0.05) is 6.42 Å². The molecule has 9 nitrogen and oxygen atoms in total. The van der Waals surface area contributed by atoms with Gasteiger partial charge in [0.05, 0.1) is 12.3 Å². The van der Waals surface area contributed by atoms with Gasteiger partial charge in [-0.25, -0.2) is 19.6 Å². The number of amides is 1. The molecule has 1 amide bonds. The van der Waals surface area contributed by atoms with Crippen molar-refractivity contribution >= 4 is 5.91 Å². The summed E-state index contributed by atoms with van der Waals surface area (Å²) in [4.78, 5) is 15.3. The highest BCUT2D eigenvalue weighted by molar-refractivity contribution is 5.78. The standard InChI is InChI=1S/C25H47F2N7O2/c1-36-12-4-11-34-23(32-33-24(34)22-9-10-28-16-31-22)15-29-18-6-2-5-17(13-18)25(35)30-14-19-20(26)7-3-8-21(19)27/h17-24,28-29,31-33H,2-16H2,1H3,(H,30,35). The highest BCUT2D eigenvalue weighted by Gasteiger charge is 2.39. The van der Waals surface area contributed by atoms with E-state index in [-0.39, 0.29) is 36.7 Å². The lowest BCUT2D eigenvalue weighted by atomic mass is 9.84. The van der Waals surface area contributed by atoms with E-state index in [1.165, 1.54) is 0 Å². The fraction of sp³-hybridized carbons (Fsp3) is 0.960. The van der Waals surface area contributed by atoms with Crippen molar-refractivity contribution in [2.75, 3.05) is 46.6 Å². The summed E-state index contributed by atoms with van der Waals surface area (Å²) in [7, 11) is 1.74. The van der Waals surface area contributed by atoms with Crippen LogP contribution in [0.5, 0.6) is 0 Å². The van der Waals surface area contributed by atoms with Gasteiger partial charge in [-0.15, -0.1) is 0 Å². The number of methoxy groups -OCH3 is 1. The maximum Gasteiger partial charge on any atom is 0.223 e. The van der Waals surface area contributed by atoms with E-state index in [1.54, 1.807) is 7.11 Å². The summed E-state index contributed by atoms with van der Waals surface area (Å²) >= 11 is 0. The largest absolute Gasteiger partial charge is 0.385 e. The number of rotatable bonds is 11. The van der Waals surface area contributed by atoms with Gasteiger partial charge in [0.2, 0.25) is 5.91 Å². The Bertz CT molecular complexity index is 662. The number of hydrazine groups is 1. The predicted octanol–water partition coefficient (Wildman–Crippen LogP) is 0.735. The summed E-state index contributed by atoms with van der Waals surface area (Å²) in [5, 5.41) is 13.5. The van der Waals surface area contributed by atoms with E-state index in [9.17, 15) is 13.6 Å². The third kappa shape index (κ3) is 7.55. The van der Waals surface area contributed by atoms with E-state index in [4.69, 9.17) is 4.74 Å². The molecule has 2 aliphatic heterocycles. The normalized spacial score (nSPS) is 38.2. The molecular weight excluding hydrogens is 468 g/mol. The predicted molar refractivity (Wildman–Crippen MR) is 135 cm³/mol. The molecule has 0 aromatic rings. The molecule has 11 heteroatoms. The van der Waals surface area contributed by atoms with Crippen LogP contribution in [0.3, 0.4) is 0 Å². The Morgan fingerprint density at radius 2 is 1.86 bits per heavy atom.